The molecule has 0 bridgehead atoms. The van der Waals surface area contributed by atoms with Gasteiger partial charge < -0.3 is 9.64 Å². The third-order valence-corrected chi connectivity index (χ3v) is 8.71. The highest BCUT2D eigenvalue weighted by molar-refractivity contribution is 8.16. The number of carbonyl (C=O) groups excluding carboxylic acids is 1. The Kier molecular flexibility index (Phi) is 6.23. The van der Waals surface area contributed by atoms with Gasteiger partial charge in [-0.05, 0) is 36.4 Å². The fraction of sp³-hybridized carbons (Fsp3) is 0.263. The van der Waals surface area contributed by atoms with Gasteiger partial charge in [-0.15, -0.1) is 0 Å². The lowest BCUT2D eigenvalue weighted by atomic mass is 10.2. The van der Waals surface area contributed by atoms with Crippen molar-refractivity contribution in [1.82, 2.24) is 0 Å². The van der Waals surface area contributed by atoms with Crippen LogP contribution in [0.15, 0.2) is 47.5 Å². The van der Waals surface area contributed by atoms with Gasteiger partial charge in [-0.3, -0.25) is 4.79 Å². The van der Waals surface area contributed by atoms with Crippen LogP contribution in [0, 0.1) is 0 Å². The SMILES string of the molecule is O=C(COc1ccc(Cl)cc1)N=C1S[C@@H]2CS(=O)(=O)C[C@@H]2N1c1c(Cl)cccc1Cl. The van der Waals surface area contributed by atoms with E-state index in [1.165, 1.54) is 11.8 Å². The molecule has 0 aromatic heterocycles. The van der Waals surface area contributed by atoms with E-state index < -0.39 is 21.8 Å². The zero-order valence-corrected chi connectivity index (χ0v) is 19.2. The van der Waals surface area contributed by atoms with E-state index in [0.29, 0.717) is 31.7 Å². The molecule has 0 unspecified atom stereocenters. The van der Waals surface area contributed by atoms with E-state index in [2.05, 4.69) is 4.99 Å². The van der Waals surface area contributed by atoms with Crippen LogP contribution in [0.1, 0.15) is 0 Å². The normalized spacial score (nSPS) is 23.6. The number of fused-ring (bicyclic) bond motifs is 1. The van der Waals surface area contributed by atoms with Crippen LogP contribution in [0.5, 0.6) is 5.75 Å². The van der Waals surface area contributed by atoms with Gasteiger partial charge in [-0.25, -0.2) is 8.42 Å². The summed E-state index contributed by atoms with van der Waals surface area (Å²) >= 11 is 19.8. The van der Waals surface area contributed by atoms with E-state index in [1.807, 2.05) is 0 Å². The minimum absolute atomic E-state index is 0.00932. The Bertz CT molecular complexity index is 1100. The maximum absolute atomic E-state index is 12.5. The Balaban J connectivity index is 1.60. The number of rotatable bonds is 4. The summed E-state index contributed by atoms with van der Waals surface area (Å²) in [7, 11) is -3.20. The summed E-state index contributed by atoms with van der Waals surface area (Å²) < 4.78 is 29.8. The van der Waals surface area contributed by atoms with Crippen molar-refractivity contribution in [2.45, 2.75) is 11.3 Å². The van der Waals surface area contributed by atoms with Crippen molar-refractivity contribution < 1.29 is 17.9 Å². The maximum atomic E-state index is 12.5. The molecule has 0 aliphatic carbocycles. The standard InChI is InChI=1S/C19H15Cl3N2O4S2/c20-11-4-6-12(7-5-11)28-8-17(25)23-19-24(18-13(21)2-1-3-14(18)22)15-9-30(26,27)10-16(15)29-19/h1-7,15-16H,8-10H2/t15-,16+/m0/s1. The van der Waals surface area contributed by atoms with Crippen LogP contribution in [-0.2, 0) is 14.6 Å². The summed E-state index contributed by atoms with van der Waals surface area (Å²) in [5, 5.41) is 1.37. The predicted octanol–water partition coefficient (Wildman–Crippen LogP) is 4.33. The van der Waals surface area contributed by atoms with Crippen LogP contribution in [0.2, 0.25) is 15.1 Å². The first-order chi connectivity index (χ1) is 14.2. The molecule has 2 atom stereocenters. The first-order valence-corrected chi connectivity index (χ1v) is 12.7. The van der Waals surface area contributed by atoms with Gasteiger partial charge in [-0.1, -0.05) is 52.6 Å². The fourth-order valence-corrected chi connectivity index (χ4v) is 7.98. The van der Waals surface area contributed by atoms with Gasteiger partial charge in [0.05, 0.1) is 33.3 Å². The number of para-hydroxylation sites is 1. The van der Waals surface area contributed by atoms with Crippen molar-refractivity contribution in [2.75, 3.05) is 23.0 Å². The molecular weight excluding hydrogens is 491 g/mol. The van der Waals surface area contributed by atoms with E-state index >= 15 is 0 Å². The third kappa shape index (κ3) is 4.57. The number of hydrogen-bond acceptors (Lipinski definition) is 5. The summed E-state index contributed by atoms with van der Waals surface area (Å²) in [6.45, 7) is -0.274. The minimum atomic E-state index is -3.20. The molecule has 2 saturated heterocycles. The molecule has 2 aromatic rings. The number of amidine groups is 1. The molecule has 30 heavy (non-hydrogen) atoms. The van der Waals surface area contributed by atoms with E-state index in [1.54, 1.807) is 47.4 Å². The van der Waals surface area contributed by atoms with E-state index in [-0.39, 0.29) is 23.4 Å². The Hall–Kier alpha value is -1.45. The number of amides is 1. The third-order valence-electron chi connectivity index (χ3n) is 4.64. The predicted molar refractivity (Wildman–Crippen MR) is 122 cm³/mol. The molecule has 2 aliphatic heterocycles. The molecule has 0 radical (unpaired) electrons. The van der Waals surface area contributed by atoms with Gasteiger partial charge in [0.1, 0.15) is 5.75 Å². The van der Waals surface area contributed by atoms with Gasteiger partial charge >= 0.3 is 0 Å². The second-order valence-corrected chi connectivity index (χ2v) is 11.4. The first-order valence-electron chi connectivity index (χ1n) is 8.84. The molecule has 0 N–H and O–H groups in total. The number of carbonyl (C=O) groups is 1. The van der Waals surface area contributed by atoms with Crippen LogP contribution in [0.25, 0.3) is 0 Å². The highest BCUT2D eigenvalue weighted by Crippen LogP contribution is 2.45. The topological polar surface area (TPSA) is 76.0 Å². The van der Waals surface area contributed by atoms with Gasteiger partial charge in [0.15, 0.2) is 21.6 Å². The molecule has 4 rings (SSSR count). The fourth-order valence-electron chi connectivity index (χ4n) is 3.36. The molecular formula is C19H15Cl3N2O4S2. The lowest BCUT2D eigenvalue weighted by Gasteiger charge is -2.26. The Labute approximate surface area is 193 Å². The second kappa shape index (κ2) is 8.59. The smallest absolute Gasteiger partial charge is 0.285 e. The van der Waals surface area contributed by atoms with Crippen molar-refractivity contribution in [2.24, 2.45) is 4.99 Å². The maximum Gasteiger partial charge on any atom is 0.285 e. The van der Waals surface area contributed by atoms with Crippen LogP contribution in [-0.4, -0.2) is 48.9 Å². The summed E-state index contributed by atoms with van der Waals surface area (Å²) in [5.41, 5.74) is 0.447. The number of sulfone groups is 1. The Morgan fingerprint density at radius 3 is 2.43 bits per heavy atom. The van der Waals surface area contributed by atoms with Gasteiger partial charge in [0, 0.05) is 10.3 Å². The van der Waals surface area contributed by atoms with E-state index in [9.17, 15) is 13.2 Å². The van der Waals surface area contributed by atoms with Gasteiger partial charge in [0.25, 0.3) is 5.91 Å². The lowest BCUT2D eigenvalue weighted by molar-refractivity contribution is -0.119. The zero-order valence-electron chi connectivity index (χ0n) is 15.3. The lowest BCUT2D eigenvalue weighted by Crippen LogP contribution is -2.38. The summed E-state index contributed by atoms with van der Waals surface area (Å²) in [6, 6.07) is 11.2. The molecule has 2 heterocycles. The van der Waals surface area contributed by atoms with Crippen LogP contribution >= 0.6 is 46.6 Å². The quantitative estimate of drug-likeness (QED) is 0.616. The average Bonchev–Trinajstić information content (AvgIpc) is 3.13. The largest absolute Gasteiger partial charge is 0.484 e. The number of aliphatic imine (C=N–C) groups is 1. The second-order valence-electron chi connectivity index (χ2n) is 6.77. The molecule has 6 nitrogen and oxygen atoms in total. The van der Waals surface area contributed by atoms with E-state index in [4.69, 9.17) is 39.5 Å². The average molecular weight is 506 g/mol. The van der Waals surface area contributed by atoms with Crippen LogP contribution in [0.3, 0.4) is 0 Å². The molecule has 1 amide bonds. The molecule has 0 spiro atoms. The molecule has 2 aliphatic rings. The Morgan fingerprint density at radius 2 is 1.77 bits per heavy atom. The number of hydrogen-bond donors (Lipinski definition) is 0. The number of anilines is 1. The number of thioether (sulfide) groups is 1. The number of nitrogens with zero attached hydrogens (tertiary/aromatic N) is 2. The minimum Gasteiger partial charge on any atom is -0.484 e. The van der Waals surface area contributed by atoms with Crippen LogP contribution < -0.4 is 9.64 Å². The first kappa shape index (κ1) is 21.8. The molecule has 158 valence electrons. The van der Waals surface area contributed by atoms with Crippen molar-refractivity contribution in [3.05, 3.63) is 57.5 Å². The molecule has 2 fully saturated rings. The highest BCUT2D eigenvalue weighted by Gasteiger charge is 2.50. The zero-order chi connectivity index (χ0) is 21.5. The van der Waals surface area contributed by atoms with Gasteiger partial charge in [-0.2, -0.15) is 4.99 Å². The monoisotopic (exact) mass is 504 g/mol. The van der Waals surface area contributed by atoms with Crippen molar-refractivity contribution in [3.8, 4) is 5.75 Å². The number of benzene rings is 2. The van der Waals surface area contributed by atoms with Crippen molar-refractivity contribution in [1.29, 1.82) is 0 Å². The van der Waals surface area contributed by atoms with Crippen LogP contribution in [0.4, 0.5) is 5.69 Å². The summed E-state index contributed by atoms with van der Waals surface area (Å²) in [6.07, 6.45) is 0. The Morgan fingerprint density at radius 1 is 1.10 bits per heavy atom. The van der Waals surface area contributed by atoms with Crippen molar-refractivity contribution >= 4 is 73.2 Å². The molecule has 0 saturated carbocycles. The molecule has 2 aromatic carbocycles. The summed E-state index contributed by atoms with van der Waals surface area (Å²) in [5.74, 6) is -0.0692. The van der Waals surface area contributed by atoms with Crippen molar-refractivity contribution in [3.63, 3.8) is 0 Å². The summed E-state index contributed by atoms with van der Waals surface area (Å²) in [4.78, 5) is 18.3. The highest BCUT2D eigenvalue weighted by atomic mass is 35.5. The van der Waals surface area contributed by atoms with Gasteiger partial charge in [0.2, 0.25) is 0 Å². The number of halogens is 3. The van der Waals surface area contributed by atoms with E-state index in [0.717, 1.165) is 0 Å². The number of ether oxygens (including phenoxy) is 1. The molecule has 11 heteroatoms.